The third-order valence-electron chi connectivity index (χ3n) is 6.56. The minimum atomic E-state index is -0.224. The summed E-state index contributed by atoms with van der Waals surface area (Å²) in [6, 6.07) is 32.1. The second-order valence-electron chi connectivity index (χ2n) is 9.76. The Hall–Kier alpha value is -4.51. The molecule has 0 aromatic heterocycles. The fourth-order valence-corrected chi connectivity index (χ4v) is 4.41. The molecule has 4 aromatic carbocycles. The Morgan fingerprint density at radius 3 is 2.05 bits per heavy atom. The summed E-state index contributed by atoms with van der Waals surface area (Å²) in [5, 5.41) is 5.81. The van der Waals surface area contributed by atoms with Crippen LogP contribution in [0.15, 0.2) is 103 Å². The molecule has 0 aliphatic carbocycles. The van der Waals surface area contributed by atoms with Crippen LogP contribution < -0.4 is 10.6 Å². The SMILES string of the molecule is Cc1ccc(CC(=O)Nc2ccc(NC(=O)CCCCCc3ccccc3)cc2C(=O)c2ccccc2)cc1. The molecule has 5 nitrogen and oxygen atoms in total. The topological polar surface area (TPSA) is 75.3 Å². The Kier molecular flexibility index (Phi) is 9.79. The number of carbonyl (C=O) groups excluding carboxylic acids is 3. The molecule has 4 aromatic rings. The van der Waals surface area contributed by atoms with Gasteiger partial charge in [0.2, 0.25) is 11.8 Å². The first kappa shape index (κ1) is 27.5. The van der Waals surface area contributed by atoms with Crippen LogP contribution in [0.5, 0.6) is 0 Å². The molecule has 0 unspecified atom stereocenters. The first-order chi connectivity index (χ1) is 19.0. The summed E-state index contributed by atoms with van der Waals surface area (Å²) in [5.41, 5.74) is 5.11. The summed E-state index contributed by atoms with van der Waals surface area (Å²) in [6.07, 6.45) is 4.40. The van der Waals surface area contributed by atoms with E-state index in [1.54, 1.807) is 42.5 Å². The highest BCUT2D eigenvalue weighted by atomic mass is 16.2. The maximum atomic E-state index is 13.4. The van der Waals surface area contributed by atoms with Crippen LogP contribution in [0, 0.1) is 6.92 Å². The lowest BCUT2D eigenvalue weighted by Crippen LogP contribution is -2.18. The zero-order valence-corrected chi connectivity index (χ0v) is 22.3. The first-order valence-electron chi connectivity index (χ1n) is 13.4. The van der Waals surface area contributed by atoms with Crippen LogP contribution in [0.1, 0.15) is 58.3 Å². The molecule has 0 atom stereocenters. The van der Waals surface area contributed by atoms with E-state index in [2.05, 4.69) is 22.8 Å². The molecule has 2 N–H and O–H groups in total. The summed E-state index contributed by atoms with van der Waals surface area (Å²) in [5.74, 6) is -0.532. The van der Waals surface area contributed by atoms with Gasteiger partial charge in [0, 0.05) is 23.2 Å². The molecule has 0 fully saturated rings. The van der Waals surface area contributed by atoms with Gasteiger partial charge in [-0.05, 0) is 55.5 Å². The molecule has 0 spiro atoms. The van der Waals surface area contributed by atoms with E-state index in [9.17, 15) is 14.4 Å². The van der Waals surface area contributed by atoms with Gasteiger partial charge >= 0.3 is 0 Å². The van der Waals surface area contributed by atoms with E-state index in [0.717, 1.165) is 36.8 Å². The predicted octanol–water partition coefficient (Wildman–Crippen LogP) is 7.15. The van der Waals surface area contributed by atoms with Crippen LogP contribution in [0.25, 0.3) is 0 Å². The van der Waals surface area contributed by atoms with E-state index in [4.69, 9.17) is 0 Å². The Bertz CT molecular complexity index is 1400. The van der Waals surface area contributed by atoms with E-state index >= 15 is 0 Å². The lowest BCUT2D eigenvalue weighted by Gasteiger charge is -2.14. The molecular formula is C34H34N2O3. The van der Waals surface area contributed by atoms with E-state index < -0.39 is 0 Å². The number of anilines is 2. The molecule has 0 heterocycles. The molecule has 0 radical (unpaired) electrons. The van der Waals surface area contributed by atoms with Gasteiger partial charge in [-0.2, -0.15) is 0 Å². The third kappa shape index (κ3) is 8.50. The molecule has 0 saturated heterocycles. The number of carbonyl (C=O) groups is 3. The summed E-state index contributed by atoms with van der Waals surface area (Å²) < 4.78 is 0. The summed E-state index contributed by atoms with van der Waals surface area (Å²) >= 11 is 0. The maximum absolute atomic E-state index is 13.4. The van der Waals surface area contributed by atoms with Crippen molar-refractivity contribution in [2.75, 3.05) is 10.6 Å². The zero-order chi connectivity index (χ0) is 27.5. The average molecular weight is 519 g/mol. The summed E-state index contributed by atoms with van der Waals surface area (Å²) in [4.78, 5) is 38.8. The van der Waals surface area contributed by atoms with Crippen LogP contribution in [0.3, 0.4) is 0 Å². The quantitative estimate of drug-likeness (QED) is 0.154. The molecule has 0 saturated carbocycles. The number of nitrogens with one attached hydrogen (secondary N) is 2. The van der Waals surface area contributed by atoms with Gasteiger partial charge in [-0.3, -0.25) is 14.4 Å². The number of amides is 2. The summed E-state index contributed by atoms with van der Waals surface area (Å²) in [7, 11) is 0. The van der Waals surface area contributed by atoms with Gasteiger partial charge in [-0.25, -0.2) is 0 Å². The lowest BCUT2D eigenvalue weighted by atomic mass is 10.0. The largest absolute Gasteiger partial charge is 0.326 e. The van der Waals surface area contributed by atoms with E-state index in [1.807, 2.05) is 55.5 Å². The predicted molar refractivity (Wildman–Crippen MR) is 157 cm³/mol. The number of hydrogen-bond acceptors (Lipinski definition) is 3. The minimum Gasteiger partial charge on any atom is -0.326 e. The van der Waals surface area contributed by atoms with Gasteiger partial charge in [-0.1, -0.05) is 96.9 Å². The van der Waals surface area contributed by atoms with Gasteiger partial charge in [0.1, 0.15) is 0 Å². The second kappa shape index (κ2) is 13.9. The van der Waals surface area contributed by atoms with E-state index in [-0.39, 0.29) is 24.0 Å². The van der Waals surface area contributed by atoms with Crippen molar-refractivity contribution in [3.8, 4) is 0 Å². The Morgan fingerprint density at radius 2 is 1.33 bits per heavy atom. The van der Waals surface area contributed by atoms with Crippen molar-refractivity contribution >= 4 is 29.0 Å². The third-order valence-corrected chi connectivity index (χ3v) is 6.56. The van der Waals surface area contributed by atoms with Gasteiger partial charge in [-0.15, -0.1) is 0 Å². The van der Waals surface area contributed by atoms with Crippen LogP contribution in [0.4, 0.5) is 11.4 Å². The lowest BCUT2D eigenvalue weighted by molar-refractivity contribution is -0.116. The van der Waals surface area contributed by atoms with Crippen LogP contribution >= 0.6 is 0 Å². The molecule has 4 rings (SSSR count). The monoisotopic (exact) mass is 518 g/mol. The molecule has 0 bridgehead atoms. The fraction of sp³-hybridized carbons (Fsp3) is 0.206. The zero-order valence-electron chi connectivity index (χ0n) is 22.3. The number of aryl methyl sites for hydroxylation is 2. The highest BCUT2D eigenvalue weighted by molar-refractivity contribution is 6.14. The first-order valence-corrected chi connectivity index (χ1v) is 13.4. The number of ketones is 1. The number of unbranched alkanes of at least 4 members (excludes halogenated alkanes) is 2. The molecule has 0 aliphatic rings. The molecule has 5 heteroatoms. The van der Waals surface area contributed by atoms with Crippen molar-refractivity contribution in [1.29, 1.82) is 0 Å². The van der Waals surface area contributed by atoms with Crippen LogP contribution in [0.2, 0.25) is 0 Å². The van der Waals surface area contributed by atoms with E-state index in [0.29, 0.717) is 28.9 Å². The highest BCUT2D eigenvalue weighted by Crippen LogP contribution is 2.25. The maximum Gasteiger partial charge on any atom is 0.228 e. The Labute approximate surface area is 230 Å². The normalized spacial score (nSPS) is 10.6. The van der Waals surface area contributed by atoms with Crippen molar-refractivity contribution in [1.82, 2.24) is 0 Å². The molecule has 198 valence electrons. The van der Waals surface area contributed by atoms with Crippen molar-refractivity contribution in [2.45, 2.75) is 45.4 Å². The molecule has 39 heavy (non-hydrogen) atoms. The van der Waals surface area contributed by atoms with Gasteiger partial charge in [0.05, 0.1) is 12.1 Å². The van der Waals surface area contributed by atoms with Gasteiger partial charge in [0.15, 0.2) is 5.78 Å². The number of rotatable bonds is 12. The molecule has 2 amide bonds. The van der Waals surface area contributed by atoms with Crippen molar-refractivity contribution in [3.05, 3.63) is 131 Å². The fourth-order valence-electron chi connectivity index (χ4n) is 4.41. The molecule has 0 aliphatic heterocycles. The highest BCUT2D eigenvalue weighted by Gasteiger charge is 2.17. The Morgan fingerprint density at radius 1 is 0.641 bits per heavy atom. The van der Waals surface area contributed by atoms with Crippen molar-refractivity contribution in [2.24, 2.45) is 0 Å². The second-order valence-corrected chi connectivity index (χ2v) is 9.76. The summed E-state index contributed by atoms with van der Waals surface area (Å²) in [6.45, 7) is 2.00. The van der Waals surface area contributed by atoms with Gasteiger partial charge in [0.25, 0.3) is 0 Å². The smallest absolute Gasteiger partial charge is 0.228 e. The van der Waals surface area contributed by atoms with Gasteiger partial charge < -0.3 is 10.6 Å². The van der Waals surface area contributed by atoms with Crippen LogP contribution in [-0.4, -0.2) is 17.6 Å². The number of benzene rings is 4. The number of hydrogen-bond donors (Lipinski definition) is 2. The van der Waals surface area contributed by atoms with E-state index in [1.165, 1.54) is 5.56 Å². The van der Waals surface area contributed by atoms with Crippen molar-refractivity contribution < 1.29 is 14.4 Å². The average Bonchev–Trinajstić information content (AvgIpc) is 2.95. The standard InChI is InChI=1S/C34H34N2O3/c1-25-17-19-27(20-18-25)23-33(38)36-31-22-21-29(24-30(31)34(39)28-14-8-4-9-15-28)35-32(37)16-10-3-7-13-26-11-5-2-6-12-26/h2,4-6,8-9,11-12,14-15,17-22,24H,3,7,10,13,16,23H2,1H3,(H,35,37)(H,36,38). The molecular weight excluding hydrogens is 484 g/mol. The Balaban J connectivity index is 1.40. The minimum absolute atomic E-state index is 0.0935. The van der Waals surface area contributed by atoms with Crippen molar-refractivity contribution in [3.63, 3.8) is 0 Å². The van der Waals surface area contributed by atoms with Crippen LogP contribution in [-0.2, 0) is 22.4 Å².